The van der Waals surface area contributed by atoms with E-state index in [-0.39, 0.29) is 23.4 Å². The van der Waals surface area contributed by atoms with E-state index in [9.17, 15) is 9.59 Å². The van der Waals surface area contributed by atoms with E-state index in [1.54, 1.807) is 18.0 Å². The van der Waals surface area contributed by atoms with E-state index in [1.807, 2.05) is 25.1 Å². The van der Waals surface area contributed by atoms with Gasteiger partial charge in [-0.2, -0.15) is 0 Å². The predicted molar refractivity (Wildman–Crippen MR) is 123 cm³/mol. The summed E-state index contributed by atoms with van der Waals surface area (Å²) in [4.78, 5) is 26.7. The highest BCUT2D eigenvalue weighted by molar-refractivity contribution is 5.80. The fourth-order valence-corrected chi connectivity index (χ4v) is 4.39. The molecular weight excluding hydrogens is 402 g/mol. The van der Waals surface area contributed by atoms with Crippen molar-refractivity contribution in [2.45, 2.75) is 50.6 Å². The molecule has 1 aliphatic heterocycles. The molecular formula is C26H29N3O3. The summed E-state index contributed by atoms with van der Waals surface area (Å²) in [6.07, 6.45) is 4.43. The summed E-state index contributed by atoms with van der Waals surface area (Å²) >= 11 is 0. The maximum Gasteiger partial charge on any atom is 0.222 e. The van der Waals surface area contributed by atoms with Gasteiger partial charge >= 0.3 is 0 Å². The topological polar surface area (TPSA) is 75.4 Å². The summed E-state index contributed by atoms with van der Waals surface area (Å²) in [7, 11) is 1.78. The monoisotopic (exact) mass is 431 g/mol. The Morgan fingerprint density at radius 1 is 1.12 bits per heavy atom. The van der Waals surface area contributed by atoms with Crippen LogP contribution in [0.4, 0.5) is 0 Å². The maximum atomic E-state index is 12.9. The average Bonchev–Trinajstić information content (AvgIpc) is 3.48. The Bertz CT molecular complexity index is 1050. The Morgan fingerprint density at radius 2 is 1.84 bits per heavy atom. The summed E-state index contributed by atoms with van der Waals surface area (Å²) in [6.45, 7) is 1.93. The van der Waals surface area contributed by atoms with Gasteiger partial charge in [-0.05, 0) is 42.9 Å². The number of amides is 2. The van der Waals surface area contributed by atoms with Gasteiger partial charge in [0.25, 0.3) is 0 Å². The normalized spacial score (nSPS) is 18.9. The van der Waals surface area contributed by atoms with Crippen molar-refractivity contribution in [3.05, 3.63) is 78.2 Å². The van der Waals surface area contributed by atoms with Crippen molar-refractivity contribution in [1.29, 1.82) is 0 Å². The molecule has 2 atom stereocenters. The molecule has 0 spiro atoms. The van der Waals surface area contributed by atoms with Crippen LogP contribution in [-0.4, -0.2) is 34.5 Å². The first kappa shape index (κ1) is 21.8. The van der Waals surface area contributed by atoms with Gasteiger partial charge in [0.1, 0.15) is 12.0 Å². The molecule has 0 saturated carbocycles. The Hall–Kier alpha value is -3.41. The number of carbonyl (C=O) groups is 2. The molecule has 1 saturated heterocycles. The molecule has 3 aromatic rings. The largest absolute Gasteiger partial charge is 0.364 e. The van der Waals surface area contributed by atoms with Crippen LogP contribution in [0, 0.1) is 0 Å². The second kappa shape index (κ2) is 9.39. The van der Waals surface area contributed by atoms with Gasteiger partial charge in [0.05, 0.1) is 6.04 Å². The Kier molecular flexibility index (Phi) is 6.40. The standard InChI is InChI=1S/C26H29N3O3/c1-19(23-14-17-32-28-23)29(2)25(31)13-16-26(15-12-24(30)27-26)18-20-8-10-22(11-9-20)21-6-4-3-5-7-21/h3-11,14,17,19H,12-13,15-16,18H2,1-2H3,(H,27,30)/t19-,26+/m1/s1. The SMILES string of the molecule is C[C@H](c1ccon1)N(C)C(=O)CC[C@]1(Cc2ccc(-c3ccccc3)cc2)CCC(=O)N1. The van der Waals surface area contributed by atoms with E-state index in [4.69, 9.17) is 4.52 Å². The van der Waals surface area contributed by atoms with Gasteiger partial charge in [0.2, 0.25) is 11.8 Å². The van der Waals surface area contributed by atoms with Gasteiger partial charge in [-0.1, -0.05) is 59.8 Å². The van der Waals surface area contributed by atoms with Crippen LogP contribution >= 0.6 is 0 Å². The zero-order valence-corrected chi connectivity index (χ0v) is 18.6. The van der Waals surface area contributed by atoms with E-state index < -0.39 is 0 Å². The van der Waals surface area contributed by atoms with Gasteiger partial charge in [-0.15, -0.1) is 0 Å². The third kappa shape index (κ3) is 4.90. The lowest BCUT2D eigenvalue weighted by molar-refractivity contribution is -0.132. The van der Waals surface area contributed by atoms with Crippen molar-refractivity contribution in [1.82, 2.24) is 15.4 Å². The molecule has 166 valence electrons. The fourth-order valence-electron chi connectivity index (χ4n) is 4.39. The van der Waals surface area contributed by atoms with Crippen LogP contribution in [0.1, 0.15) is 49.9 Å². The molecule has 6 heteroatoms. The zero-order chi connectivity index (χ0) is 22.6. The quantitative estimate of drug-likeness (QED) is 0.568. The van der Waals surface area contributed by atoms with Crippen molar-refractivity contribution in [2.75, 3.05) is 7.05 Å². The molecule has 4 rings (SSSR count). The van der Waals surface area contributed by atoms with E-state index >= 15 is 0 Å². The Labute approximate surface area is 188 Å². The van der Waals surface area contributed by atoms with E-state index in [0.717, 1.165) is 23.2 Å². The van der Waals surface area contributed by atoms with Gasteiger partial charge in [-0.3, -0.25) is 9.59 Å². The Balaban J connectivity index is 1.42. The summed E-state index contributed by atoms with van der Waals surface area (Å²) in [5, 5.41) is 7.12. The number of hydrogen-bond donors (Lipinski definition) is 1. The van der Waals surface area contributed by atoms with Crippen LogP contribution in [0.5, 0.6) is 0 Å². The lowest BCUT2D eigenvalue weighted by Gasteiger charge is -2.31. The smallest absolute Gasteiger partial charge is 0.222 e. The Morgan fingerprint density at radius 3 is 2.47 bits per heavy atom. The molecule has 1 fully saturated rings. The molecule has 2 heterocycles. The lowest BCUT2D eigenvalue weighted by atomic mass is 9.84. The first-order valence-corrected chi connectivity index (χ1v) is 11.1. The number of nitrogens with zero attached hydrogens (tertiary/aromatic N) is 2. The van der Waals surface area contributed by atoms with Crippen LogP contribution in [0.25, 0.3) is 11.1 Å². The summed E-state index contributed by atoms with van der Waals surface area (Å²) in [5.74, 6) is 0.0862. The minimum absolute atomic E-state index is 0.0282. The van der Waals surface area contributed by atoms with Gasteiger partial charge in [-0.25, -0.2) is 0 Å². The fraction of sp³-hybridized carbons (Fsp3) is 0.346. The second-order valence-electron chi connectivity index (χ2n) is 8.67. The third-order valence-corrected chi connectivity index (χ3v) is 6.52. The first-order chi connectivity index (χ1) is 15.5. The van der Waals surface area contributed by atoms with Crippen LogP contribution in [-0.2, 0) is 16.0 Å². The molecule has 0 aliphatic carbocycles. The van der Waals surface area contributed by atoms with E-state index in [0.29, 0.717) is 25.7 Å². The van der Waals surface area contributed by atoms with Crippen molar-refractivity contribution in [2.24, 2.45) is 0 Å². The van der Waals surface area contributed by atoms with Crippen molar-refractivity contribution in [3.8, 4) is 11.1 Å². The lowest BCUT2D eigenvalue weighted by Crippen LogP contribution is -2.44. The van der Waals surface area contributed by atoms with Crippen LogP contribution in [0.15, 0.2) is 71.4 Å². The number of nitrogens with one attached hydrogen (secondary N) is 1. The van der Waals surface area contributed by atoms with E-state index in [1.165, 1.54) is 11.8 Å². The van der Waals surface area contributed by atoms with Gasteiger partial charge < -0.3 is 14.7 Å². The number of rotatable bonds is 8. The number of carbonyl (C=O) groups excluding carboxylic acids is 2. The highest BCUT2D eigenvalue weighted by Crippen LogP contribution is 2.31. The molecule has 2 amide bonds. The molecule has 6 nitrogen and oxygen atoms in total. The van der Waals surface area contributed by atoms with Crippen molar-refractivity contribution >= 4 is 11.8 Å². The minimum Gasteiger partial charge on any atom is -0.364 e. The van der Waals surface area contributed by atoms with Crippen LogP contribution in [0.3, 0.4) is 0 Å². The molecule has 0 radical (unpaired) electrons. The highest BCUT2D eigenvalue weighted by atomic mass is 16.5. The first-order valence-electron chi connectivity index (χ1n) is 11.1. The molecule has 1 aliphatic rings. The molecule has 1 N–H and O–H groups in total. The molecule has 1 aromatic heterocycles. The maximum absolute atomic E-state index is 12.9. The average molecular weight is 432 g/mol. The zero-order valence-electron chi connectivity index (χ0n) is 18.6. The number of hydrogen-bond acceptors (Lipinski definition) is 4. The molecule has 2 aromatic carbocycles. The van der Waals surface area contributed by atoms with Crippen molar-refractivity contribution in [3.63, 3.8) is 0 Å². The van der Waals surface area contributed by atoms with Crippen LogP contribution in [0.2, 0.25) is 0 Å². The molecule has 32 heavy (non-hydrogen) atoms. The summed E-state index contributed by atoms with van der Waals surface area (Å²) in [6, 6.07) is 20.3. The molecule has 0 bridgehead atoms. The van der Waals surface area contributed by atoms with Gasteiger partial charge in [0, 0.05) is 31.5 Å². The molecule has 0 unspecified atom stereocenters. The summed E-state index contributed by atoms with van der Waals surface area (Å²) in [5.41, 5.74) is 3.83. The third-order valence-electron chi connectivity index (χ3n) is 6.52. The van der Waals surface area contributed by atoms with Crippen LogP contribution < -0.4 is 5.32 Å². The summed E-state index contributed by atoms with van der Waals surface area (Å²) < 4.78 is 4.90. The van der Waals surface area contributed by atoms with E-state index in [2.05, 4.69) is 46.9 Å². The van der Waals surface area contributed by atoms with Crippen molar-refractivity contribution < 1.29 is 14.1 Å². The minimum atomic E-state index is -0.390. The number of aromatic nitrogens is 1. The second-order valence-corrected chi connectivity index (χ2v) is 8.67. The predicted octanol–water partition coefficient (Wildman–Crippen LogP) is 4.53. The number of benzene rings is 2. The highest BCUT2D eigenvalue weighted by Gasteiger charge is 2.38. The van der Waals surface area contributed by atoms with Gasteiger partial charge in [0.15, 0.2) is 0 Å².